The Balaban J connectivity index is 1.25. The minimum absolute atomic E-state index is 0.0102. The van der Waals surface area contributed by atoms with Gasteiger partial charge in [0.1, 0.15) is 0 Å². The highest BCUT2D eigenvalue weighted by atomic mass is 15.0. The lowest BCUT2D eigenvalue weighted by atomic mass is 9.82. The fourth-order valence-corrected chi connectivity index (χ4v) is 8.36. The third-order valence-corrected chi connectivity index (χ3v) is 11.0. The molecule has 2 heteroatoms. The molecular formula is C46H40N2. The zero-order chi connectivity index (χ0) is 32.4. The second-order valence-corrected chi connectivity index (χ2v) is 14.2. The van der Waals surface area contributed by atoms with Gasteiger partial charge in [0.25, 0.3) is 0 Å². The first-order valence-electron chi connectivity index (χ1n) is 17.5. The minimum atomic E-state index is -0.0102. The number of para-hydroxylation sites is 1. The van der Waals surface area contributed by atoms with Crippen LogP contribution >= 0.6 is 0 Å². The summed E-state index contributed by atoms with van der Waals surface area (Å²) in [5.41, 5.74) is 17.5. The second kappa shape index (κ2) is 11.2. The molecule has 0 amide bonds. The molecule has 0 aliphatic heterocycles. The molecule has 9 rings (SSSR count). The van der Waals surface area contributed by atoms with Gasteiger partial charge in [-0.25, -0.2) is 4.98 Å². The predicted octanol–water partition coefficient (Wildman–Crippen LogP) is 12.3. The van der Waals surface area contributed by atoms with E-state index in [4.69, 9.17) is 4.98 Å². The van der Waals surface area contributed by atoms with Gasteiger partial charge in [-0.05, 0) is 95.0 Å². The first kappa shape index (κ1) is 29.0. The van der Waals surface area contributed by atoms with E-state index in [0.717, 1.165) is 48.0 Å². The molecule has 0 saturated heterocycles. The summed E-state index contributed by atoms with van der Waals surface area (Å²) in [6, 6.07) is 36.2. The lowest BCUT2D eigenvalue weighted by Crippen LogP contribution is -2.14. The number of aromatic nitrogens is 2. The van der Waals surface area contributed by atoms with Crippen molar-refractivity contribution in [3.8, 4) is 28.1 Å². The van der Waals surface area contributed by atoms with Gasteiger partial charge < -0.3 is 4.57 Å². The zero-order valence-electron chi connectivity index (χ0n) is 28.0. The number of fused-ring (bicyclic) bond motifs is 6. The molecule has 0 N–H and O–H groups in total. The summed E-state index contributed by atoms with van der Waals surface area (Å²) in [5.74, 6) is 0.331. The van der Waals surface area contributed by atoms with Crippen LogP contribution in [0.1, 0.15) is 74.6 Å². The highest BCUT2D eigenvalue weighted by Gasteiger charge is 2.35. The lowest BCUT2D eigenvalue weighted by molar-refractivity contribution is 0.660. The monoisotopic (exact) mass is 620 g/mol. The Labute approximate surface area is 283 Å². The third-order valence-electron chi connectivity index (χ3n) is 11.0. The van der Waals surface area contributed by atoms with E-state index in [1.807, 2.05) is 0 Å². The summed E-state index contributed by atoms with van der Waals surface area (Å²) in [6.45, 7) is 7.01. The van der Waals surface area contributed by atoms with Gasteiger partial charge in [-0.15, -0.1) is 0 Å². The molecule has 3 aliphatic rings. The number of hydrogen-bond donors (Lipinski definition) is 0. The van der Waals surface area contributed by atoms with E-state index < -0.39 is 0 Å². The standard InChI is InChI=1S/C46H40N2/c1-30(31-14-6-4-7-15-31)33-18-12-19-35(28-33)48-43-27-26-42(34-24-25-41-39(29-34)37-20-10-11-23-40(37)46(41,2)3)47-44(43)38-22-13-21-36(45(38)48)32-16-8-5-9-17-32/h6,8,10-30H,4-5,7,9H2,1-3H3. The highest BCUT2D eigenvalue weighted by Crippen LogP contribution is 2.49. The van der Waals surface area contributed by atoms with Gasteiger partial charge in [-0.1, -0.05) is 124 Å². The normalized spacial score (nSPS) is 16.9. The molecule has 0 radical (unpaired) electrons. The SMILES string of the molecule is CC(C1=CCCC=C1)c1cccc(-n2c3ccc(-c4ccc5c(c4)-c4ccccc4C5(C)C)nc3c3cccc(C4=CCCC=C4)c32)c1. The van der Waals surface area contributed by atoms with Crippen LogP contribution in [0.15, 0.2) is 139 Å². The molecule has 4 aromatic carbocycles. The average molecular weight is 621 g/mol. The quantitative estimate of drug-likeness (QED) is 0.187. The summed E-state index contributed by atoms with van der Waals surface area (Å²) in [5, 5.41) is 1.19. The zero-order valence-corrected chi connectivity index (χ0v) is 28.0. The molecule has 234 valence electrons. The van der Waals surface area contributed by atoms with Crippen molar-refractivity contribution in [1.29, 1.82) is 0 Å². The molecule has 0 spiro atoms. The summed E-state index contributed by atoms with van der Waals surface area (Å²) in [7, 11) is 0. The molecule has 0 bridgehead atoms. The average Bonchev–Trinajstić information content (AvgIpc) is 3.60. The van der Waals surface area contributed by atoms with Crippen LogP contribution in [0.3, 0.4) is 0 Å². The molecule has 1 unspecified atom stereocenters. The van der Waals surface area contributed by atoms with Crippen molar-refractivity contribution in [1.82, 2.24) is 9.55 Å². The van der Waals surface area contributed by atoms with Gasteiger partial charge in [0.05, 0.1) is 22.2 Å². The van der Waals surface area contributed by atoms with Crippen LogP contribution in [-0.2, 0) is 5.41 Å². The molecule has 2 aromatic heterocycles. The summed E-state index contributed by atoms with van der Waals surface area (Å²) < 4.78 is 2.46. The Bertz CT molecular complexity index is 2390. The number of allylic oxidation sites excluding steroid dienone is 8. The fourth-order valence-electron chi connectivity index (χ4n) is 8.36. The molecule has 2 nitrogen and oxygen atoms in total. The molecule has 2 heterocycles. The molecule has 0 saturated carbocycles. The molecule has 0 fully saturated rings. The van der Waals surface area contributed by atoms with Crippen molar-refractivity contribution in [2.45, 2.75) is 57.8 Å². The van der Waals surface area contributed by atoms with E-state index >= 15 is 0 Å². The van der Waals surface area contributed by atoms with Gasteiger partial charge in [0.15, 0.2) is 0 Å². The molecule has 1 atom stereocenters. The van der Waals surface area contributed by atoms with Crippen molar-refractivity contribution >= 4 is 27.5 Å². The first-order valence-corrected chi connectivity index (χ1v) is 17.5. The Hall–Kier alpha value is -5.21. The van der Waals surface area contributed by atoms with E-state index in [0.29, 0.717) is 5.92 Å². The maximum absolute atomic E-state index is 5.48. The molecule has 48 heavy (non-hydrogen) atoms. The van der Waals surface area contributed by atoms with Gasteiger partial charge >= 0.3 is 0 Å². The van der Waals surface area contributed by atoms with Crippen molar-refractivity contribution in [2.24, 2.45) is 0 Å². The van der Waals surface area contributed by atoms with Crippen molar-refractivity contribution in [3.05, 3.63) is 161 Å². The van der Waals surface area contributed by atoms with E-state index in [9.17, 15) is 0 Å². The Kier molecular flexibility index (Phi) is 6.76. The van der Waals surface area contributed by atoms with Gasteiger partial charge in [-0.3, -0.25) is 0 Å². The number of nitrogens with zero attached hydrogens (tertiary/aromatic N) is 2. The van der Waals surface area contributed by atoms with Crippen LogP contribution < -0.4 is 0 Å². The maximum Gasteiger partial charge on any atom is 0.0971 e. The van der Waals surface area contributed by atoms with Gasteiger partial charge in [-0.2, -0.15) is 0 Å². The summed E-state index contributed by atoms with van der Waals surface area (Å²) in [4.78, 5) is 5.48. The van der Waals surface area contributed by atoms with Crippen LogP contribution in [0.2, 0.25) is 0 Å². The van der Waals surface area contributed by atoms with Crippen LogP contribution in [0.25, 0.3) is 55.6 Å². The molecule has 3 aliphatic carbocycles. The van der Waals surface area contributed by atoms with Crippen LogP contribution in [0, 0.1) is 0 Å². The number of hydrogen-bond acceptors (Lipinski definition) is 1. The van der Waals surface area contributed by atoms with Crippen LogP contribution in [0.4, 0.5) is 0 Å². The largest absolute Gasteiger partial charge is 0.307 e. The Morgan fingerprint density at radius 3 is 2.31 bits per heavy atom. The molecule has 6 aromatic rings. The molecular weight excluding hydrogens is 581 g/mol. The predicted molar refractivity (Wildman–Crippen MR) is 203 cm³/mol. The minimum Gasteiger partial charge on any atom is -0.307 e. The van der Waals surface area contributed by atoms with E-state index in [-0.39, 0.29) is 5.41 Å². The van der Waals surface area contributed by atoms with Gasteiger partial charge in [0.2, 0.25) is 0 Å². The van der Waals surface area contributed by atoms with E-state index in [1.54, 1.807) is 0 Å². The topological polar surface area (TPSA) is 17.8 Å². The summed E-state index contributed by atoms with van der Waals surface area (Å²) >= 11 is 0. The van der Waals surface area contributed by atoms with Crippen molar-refractivity contribution < 1.29 is 0 Å². The van der Waals surface area contributed by atoms with Crippen LogP contribution in [0.5, 0.6) is 0 Å². The lowest BCUT2D eigenvalue weighted by Gasteiger charge is -2.21. The second-order valence-electron chi connectivity index (χ2n) is 14.2. The van der Waals surface area contributed by atoms with Gasteiger partial charge in [0, 0.05) is 33.5 Å². The third kappa shape index (κ3) is 4.50. The smallest absolute Gasteiger partial charge is 0.0971 e. The summed E-state index contributed by atoms with van der Waals surface area (Å²) in [6.07, 6.45) is 18.4. The Morgan fingerprint density at radius 2 is 1.48 bits per heavy atom. The first-order chi connectivity index (χ1) is 23.5. The highest BCUT2D eigenvalue weighted by molar-refractivity contribution is 6.11. The van der Waals surface area contributed by atoms with Crippen molar-refractivity contribution in [2.75, 3.05) is 0 Å². The number of rotatable bonds is 5. The maximum atomic E-state index is 5.48. The Morgan fingerprint density at radius 1 is 0.688 bits per heavy atom. The van der Waals surface area contributed by atoms with Crippen molar-refractivity contribution in [3.63, 3.8) is 0 Å². The van der Waals surface area contributed by atoms with Crippen LogP contribution in [-0.4, -0.2) is 9.55 Å². The number of pyridine rings is 1. The number of benzene rings is 4. The van der Waals surface area contributed by atoms with E-state index in [1.165, 1.54) is 61.1 Å². The fraction of sp³-hybridized carbons (Fsp3) is 0.196. The van der Waals surface area contributed by atoms with E-state index in [2.05, 4.69) is 159 Å².